The number of allylic oxidation sites excluding steroid dienone is 1. The Kier molecular flexibility index (Phi) is 7.80. The van der Waals surface area contributed by atoms with Crippen LogP contribution < -0.4 is 11.3 Å². The second-order valence-electron chi connectivity index (χ2n) is 11.0. The number of nitrogens with two attached hydrogens (primary N) is 1. The highest BCUT2D eigenvalue weighted by molar-refractivity contribution is 8.44. The van der Waals surface area contributed by atoms with Crippen molar-refractivity contribution < 1.29 is 37.2 Å². The molecule has 6 heterocycles. The number of nitrogen functional groups attached to an aromatic ring is 1. The number of phosphoric acid groups is 1. The number of hydrogen-bond donors (Lipinski definition) is 5. The molecule has 0 amide bonds. The summed E-state index contributed by atoms with van der Waals surface area (Å²) in [6, 6.07) is -0.419. The number of nitrogens with zero attached hydrogens (tertiary/aromatic N) is 8. The molecule has 0 radical (unpaired) electrons. The summed E-state index contributed by atoms with van der Waals surface area (Å²) in [5.74, 6) is -0.660. The molecule has 1 saturated heterocycles. The third-order valence-electron chi connectivity index (χ3n) is 8.18. The van der Waals surface area contributed by atoms with Crippen LogP contribution in [-0.4, -0.2) is 72.5 Å². The fourth-order valence-electron chi connectivity index (χ4n) is 6.03. The van der Waals surface area contributed by atoms with E-state index in [9.17, 15) is 23.7 Å². The van der Waals surface area contributed by atoms with E-state index in [1.165, 1.54) is 35.8 Å². The monoisotopic (exact) mass is 694 g/mol. The predicted octanol–water partition coefficient (Wildman–Crippen LogP) is 2.34. The fraction of sp³-hybridized carbons (Fsp3) is 0.417. The minimum absolute atomic E-state index is 0.101. The Morgan fingerprint density at radius 3 is 2.70 bits per heavy atom. The fourth-order valence-corrected chi connectivity index (χ4v) is 7.44. The molecule has 2 aliphatic rings. The zero-order chi connectivity index (χ0) is 32.4. The van der Waals surface area contributed by atoms with E-state index in [2.05, 4.69) is 48.7 Å². The highest BCUT2D eigenvalue weighted by Gasteiger charge is 2.48. The zero-order valence-electron chi connectivity index (χ0n) is 23.8. The number of ether oxygens (including phenoxy) is 1. The van der Waals surface area contributed by atoms with Crippen molar-refractivity contribution in [3.05, 3.63) is 54.1 Å². The molecule has 22 heteroatoms. The maximum Gasteiger partial charge on any atom is 0.527 e. The minimum Gasteiger partial charge on any atom is -0.409 e. The van der Waals surface area contributed by atoms with Crippen LogP contribution in [0.1, 0.15) is 31.5 Å². The summed E-state index contributed by atoms with van der Waals surface area (Å²) in [6.07, 6.45) is 7.63. The minimum atomic E-state index is -4.71. The van der Waals surface area contributed by atoms with Crippen LogP contribution in [0.25, 0.3) is 28.1 Å². The molecule has 7 rings (SSSR count). The van der Waals surface area contributed by atoms with Gasteiger partial charge in [-0.25, -0.2) is 38.5 Å². The first-order valence-corrected chi connectivity index (χ1v) is 18.2. The smallest absolute Gasteiger partial charge is 0.409 e. The van der Waals surface area contributed by atoms with E-state index in [1.54, 1.807) is 9.13 Å². The molecule has 1 aliphatic heterocycles. The lowest BCUT2D eigenvalue weighted by molar-refractivity contribution is -0.0231. The van der Waals surface area contributed by atoms with Crippen molar-refractivity contribution in [1.82, 2.24) is 43.4 Å². The van der Waals surface area contributed by atoms with Crippen LogP contribution in [0.4, 0.5) is 5.82 Å². The topological polar surface area (TPSA) is 249 Å². The Labute approximate surface area is 263 Å². The first kappa shape index (κ1) is 31.0. The molecule has 5 N–H and O–H groups in total. The number of thiol groups is 1. The highest BCUT2D eigenvalue weighted by Crippen LogP contribution is 2.56. The van der Waals surface area contributed by atoms with Crippen LogP contribution in [0.5, 0.6) is 0 Å². The Bertz CT molecular complexity index is 2130. The van der Waals surface area contributed by atoms with E-state index in [4.69, 9.17) is 24.0 Å². The first-order chi connectivity index (χ1) is 21.9. The lowest BCUT2D eigenvalue weighted by Crippen LogP contribution is -2.42. The van der Waals surface area contributed by atoms with Gasteiger partial charge in [0, 0.05) is 24.4 Å². The lowest BCUT2D eigenvalue weighted by Gasteiger charge is -2.45. The molecule has 5 aromatic heterocycles. The first-order valence-electron chi connectivity index (χ1n) is 13.9. The van der Waals surface area contributed by atoms with Gasteiger partial charge in [0.1, 0.15) is 29.5 Å². The van der Waals surface area contributed by atoms with Gasteiger partial charge >= 0.3 is 14.6 Å². The van der Waals surface area contributed by atoms with Crippen LogP contribution in [-0.2, 0) is 27.4 Å². The van der Waals surface area contributed by atoms with Crippen molar-refractivity contribution in [2.75, 3.05) is 18.9 Å². The SMILES string of the molecule is C=C(OP(=O)(O)OC[C@@H]1CC[C@H](n2cnc3c(=O)n4ccnc4[nH]c32)O1)[C@@H]1[C@@H](COP(=O)(O)S)C[C@H]1n1cnc2c(N)ncnc21. The number of anilines is 1. The van der Waals surface area contributed by atoms with E-state index in [0.29, 0.717) is 41.9 Å². The summed E-state index contributed by atoms with van der Waals surface area (Å²) in [4.78, 5) is 56.8. The van der Waals surface area contributed by atoms with Crippen LogP contribution in [0.15, 0.2) is 48.5 Å². The molecule has 19 nitrogen and oxygen atoms in total. The van der Waals surface area contributed by atoms with Crippen molar-refractivity contribution in [1.29, 1.82) is 0 Å². The molecule has 1 aliphatic carbocycles. The number of fused-ring (bicyclic) bond motifs is 3. The normalized spacial score (nSPS) is 25.8. The Hall–Kier alpha value is -3.61. The predicted molar refractivity (Wildman–Crippen MR) is 163 cm³/mol. The molecule has 2 unspecified atom stereocenters. The largest absolute Gasteiger partial charge is 0.527 e. The molecule has 244 valence electrons. The van der Waals surface area contributed by atoms with Gasteiger partial charge in [0.15, 0.2) is 17.0 Å². The molecule has 0 aromatic carbocycles. The maximum absolute atomic E-state index is 13.1. The maximum atomic E-state index is 13.1. The second kappa shape index (κ2) is 11.6. The number of phosphoric ester groups is 1. The van der Waals surface area contributed by atoms with Crippen LogP contribution >= 0.6 is 26.9 Å². The Morgan fingerprint density at radius 1 is 1.11 bits per heavy atom. The van der Waals surface area contributed by atoms with E-state index >= 15 is 0 Å². The van der Waals surface area contributed by atoms with Gasteiger partial charge in [0.2, 0.25) is 5.78 Å². The Balaban J connectivity index is 1.02. The average Bonchev–Trinajstić information content (AvgIpc) is 3.77. The molecule has 1 saturated carbocycles. The zero-order valence-corrected chi connectivity index (χ0v) is 26.4. The number of imidazole rings is 3. The summed E-state index contributed by atoms with van der Waals surface area (Å²) in [5.41, 5.74) is 7.05. The quantitative estimate of drug-likeness (QED) is 0.0756. The van der Waals surface area contributed by atoms with Crippen molar-refractivity contribution in [2.24, 2.45) is 11.8 Å². The molecule has 46 heavy (non-hydrogen) atoms. The number of aromatic nitrogens is 9. The van der Waals surface area contributed by atoms with Gasteiger partial charge in [-0.2, -0.15) is 0 Å². The van der Waals surface area contributed by atoms with Crippen molar-refractivity contribution in [3.63, 3.8) is 0 Å². The Morgan fingerprint density at radius 2 is 1.89 bits per heavy atom. The van der Waals surface area contributed by atoms with Gasteiger partial charge in [0.25, 0.3) is 5.56 Å². The summed E-state index contributed by atoms with van der Waals surface area (Å²) in [7, 11) is -4.71. The van der Waals surface area contributed by atoms with Crippen LogP contribution in [0.3, 0.4) is 0 Å². The summed E-state index contributed by atoms with van der Waals surface area (Å²) >= 11 is 3.56. The van der Waals surface area contributed by atoms with E-state index in [-0.39, 0.29) is 35.9 Å². The second-order valence-corrected chi connectivity index (χ2v) is 15.1. The van der Waals surface area contributed by atoms with Gasteiger partial charge in [-0.15, -0.1) is 0 Å². The van der Waals surface area contributed by atoms with Crippen LogP contribution in [0, 0.1) is 11.8 Å². The summed E-state index contributed by atoms with van der Waals surface area (Å²) < 4.78 is 51.3. The van der Waals surface area contributed by atoms with Crippen LogP contribution in [0.2, 0.25) is 0 Å². The average molecular weight is 695 g/mol. The highest BCUT2D eigenvalue weighted by atomic mass is 32.7. The van der Waals surface area contributed by atoms with E-state index < -0.39 is 44.8 Å². The summed E-state index contributed by atoms with van der Waals surface area (Å²) in [6.45, 7) is -0.683. The molecule has 0 spiro atoms. The van der Waals surface area contributed by atoms with Gasteiger partial charge in [-0.1, -0.05) is 18.8 Å². The summed E-state index contributed by atoms with van der Waals surface area (Å²) in [5, 5.41) is 0. The number of rotatable bonds is 11. The van der Waals surface area contributed by atoms with Gasteiger partial charge in [-0.05, 0) is 25.2 Å². The molecule has 0 bridgehead atoms. The molecular weight excluding hydrogens is 666 g/mol. The number of H-pyrrole nitrogens is 1. The van der Waals surface area contributed by atoms with Crippen molar-refractivity contribution in [2.45, 2.75) is 37.6 Å². The van der Waals surface area contributed by atoms with Gasteiger partial charge in [-0.3, -0.25) is 18.8 Å². The number of aromatic amines is 1. The third-order valence-corrected chi connectivity index (χ3v) is 9.95. The standard InChI is InChI=1S/C24H28N10O9P2S/c1-12(17-13(7-41-45(38,39)46)6-15(17)33-10-29-18-20(25)27-9-28-21(18)33)43-44(36,37)40-8-14-2-3-16(42-14)34-11-30-19-22(34)31-24-26-4-5-32(24)23(19)35/h4-5,9-11,13-17H,1-3,6-8H2,(H,26,31)(H,36,37)(H2,25,27,28)(H2,38,39,46)/t13-,14+,15-,16-,17-/m1/s1. The van der Waals surface area contributed by atoms with E-state index in [1.807, 2.05) is 0 Å². The number of hydrogen-bond acceptors (Lipinski definition) is 13. The number of nitrogens with one attached hydrogen (secondary N) is 1. The van der Waals surface area contributed by atoms with Crippen molar-refractivity contribution in [3.8, 4) is 0 Å². The van der Waals surface area contributed by atoms with Gasteiger partial charge < -0.3 is 34.0 Å². The van der Waals surface area contributed by atoms with E-state index in [0.717, 1.165) is 0 Å². The molecule has 5 aromatic rings. The molecular formula is C24H28N10O9P2S. The van der Waals surface area contributed by atoms with Crippen molar-refractivity contribution >= 4 is 60.8 Å². The molecule has 7 atom stereocenters. The molecule has 2 fully saturated rings. The third kappa shape index (κ3) is 5.75. The van der Waals surface area contributed by atoms with Gasteiger partial charge in [0.05, 0.1) is 32.0 Å². The lowest BCUT2D eigenvalue weighted by atomic mass is 9.68.